The normalized spacial score (nSPS) is 13.3. The van der Waals surface area contributed by atoms with Gasteiger partial charge in [-0.1, -0.05) is 48.0 Å². The minimum Gasteiger partial charge on any atom is -0.444 e. The standard InChI is InChI=1S/C23H29ClN2O4/c1-15-11-12-18(24)13-19(15)25-21(27)20(26-22(28)30-23(3,4)5)16(2)29-14-17-9-7-6-8-10-17/h6-13,16,20H,14H2,1-5H3,(H,25,27)(H,26,28)/t16-,20+/m0/s1. The summed E-state index contributed by atoms with van der Waals surface area (Å²) < 4.78 is 11.2. The Labute approximate surface area is 182 Å². The van der Waals surface area contributed by atoms with Crippen molar-refractivity contribution in [2.24, 2.45) is 0 Å². The second kappa shape index (κ2) is 10.5. The highest BCUT2D eigenvalue weighted by Gasteiger charge is 2.30. The summed E-state index contributed by atoms with van der Waals surface area (Å²) in [7, 11) is 0. The third-order valence-electron chi connectivity index (χ3n) is 4.24. The average molecular weight is 433 g/mol. The van der Waals surface area contributed by atoms with Crippen molar-refractivity contribution in [3.05, 3.63) is 64.7 Å². The molecule has 2 amide bonds. The van der Waals surface area contributed by atoms with E-state index >= 15 is 0 Å². The summed E-state index contributed by atoms with van der Waals surface area (Å²) in [6, 6.07) is 13.8. The van der Waals surface area contributed by atoms with Crippen molar-refractivity contribution in [3.63, 3.8) is 0 Å². The Morgan fingerprint density at radius 1 is 1.10 bits per heavy atom. The van der Waals surface area contributed by atoms with Crippen LogP contribution in [0.25, 0.3) is 0 Å². The van der Waals surface area contributed by atoms with Crippen LogP contribution in [-0.4, -0.2) is 29.7 Å². The number of hydrogen-bond donors (Lipinski definition) is 2. The molecule has 2 atom stereocenters. The fourth-order valence-electron chi connectivity index (χ4n) is 2.67. The van der Waals surface area contributed by atoms with Gasteiger partial charge >= 0.3 is 6.09 Å². The smallest absolute Gasteiger partial charge is 0.408 e. The molecule has 6 nitrogen and oxygen atoms in total. The number of halogens is 1. The average Bonchev–Trinajstić information content (AvgIpc) is 2.66. The first-order chi connectivity index (χ1) is 14.0. The topological polar surface area (TPSA) is 76.7 Å². The summed E-state index contributed by atoms with van der Waals surface area (Å²) in [5.74, 6) is -0.424. The number of hydrogen-bond acceptors (Lipinski definition) is 4. The first-order valence-corrected chi connectivity index (χ1v) is 10.1. The van der Waals surface area contributed by atoms with Gasteiger partial charge in [0.2, 0.25) is 5.91 Å². The zero-order valence-corrected chi connectivity index (χ0v) is 18.7. The molecular formula is C23H29ClN2O4. The van der Waals surface area contributed by atoms with E-state index in [1.807, 2.05) is 43.3 Å². The summed E-state index contributed by atoms with van der Waals surface area (Å²) in [5.41, 5.74) is 1.69. The van der Waals surface area contributed by atoms with E-state index in [9.17, 15) is 9.59 Å². The molecule has 2 rings (SSSR count). The minimum atomic E-state index is -0.970. The molecule has 0 fully saturated rings. The lowest BCUT2D eigenvalue weighted by atomic mass is 10.1. The Morgan fingerprint density at radius 3 is 2.40 bits per heavy atom. The van der Waals surface area contributed by atoms with E-state index in [0.717, 1.165) is 11.1 Å². The maximum atomic E-state index is 13.0. The van der Waals surface area contributed by atoms with Crippen LogP contribution < -0.4 is 10.6 Å². The molecule has 2 aromatic rings. The van der Waals surface area contributed by atoms with E-state index in [0.29, 0.717) is 17.3 Å². The van der Waals surface area contributed by atoms with Crippen molar-refractivity contribution in [2.45, 2.75) is 59.0 Å². The molecule has 0 saturated carbocycles. The number of carbonyl (C=O) groups is 2. The van der Waals surface area contributed by atoms with Gasteiger partial charge in [0.1, 0.15) is 11.6 Å². The SMILES string of the molecule is Cc1ccc(Cl)cc1NC(=O)[C@H](NC(=O)OC(C)(C)C)[C@H](C)OCc1ccccc1. The highest BCUT2D eigenvalue weighted by Crippen LogP contribution is 2.21. The van der Waals surface area contributed by atoms with Gasteiger partial charge in [0, 0.05) is 10.7 Å². The van der Waals surface area contributed by atoms with Crippen LogP contribution >= 0.6 is 11.6 Å². The van der Waals surface area contributed by atoms with Crippen LogP contribution in [0.2, 0.25) is 5.02 Å². The molecule has 7 heteroatoms. The zero-order chi connectivity index (χ0) is 22.3. The third-order valence-corrected chi connectivity index (χ3v) is 4.47. The molecule has 30 heavy (non-hydrogen) atoms. The first-order valence-electron chi connectivity index (χ1n) is 9.77. The molecule has 2 N–H and O–H groups in total. The second-order valence-corrected chi connectivity index (χ2v) is 8.51. The number of aryl methyl sites for hydroxylation is 1. The Balaban J connectivity index is 2.15. The molecule has 0 unspecified atom stereocenters. The van der Waals surface area contributed by atoms with Gasteiger partial charge in [0.15, 0.2) is 0 Å². The molecule has 0 aliphatic carbocycles. The van der Waals surface area contributed by atoms with Crippen molar-refractivity contribution in [2.75, 3.05) is 5.32 Å². The van der Waals surface area contributed by atoms with Gasteiger partial charge in [-0.3, -0.25) is 4.79 Å². The number of benzene rings is 2. The molecule has 0 aliphatic heterocycles. The number of rotatable bonds is 7. The van der Waals surface area contributed by atoms with Crippen LogP contribution in [0.3, 0.4) is 0 Å². The highest BCUT2D eigenvalue weighted by molar-refractivity contribution is 6.31. The zero-order valence-electron chi connectivity index (χ0n) is 18.0. The van der Waals surface area contributed by atoms with Crippen molar-refractivity contribution >= 4 is 29.3 Å². The lowest BCUT2D eigenvalue weighted by Crippen LogP contribution is -2.52. The summed E-state index contributed by atoms with van der Waals surface area (Å²) >= 11 is 6.05. The first kappa shape index (κ1) is 23.7. The fourth-order valence-corrected chi connectivity index (χ4v) is 2.84. The van der Waals surface area contributed by atoms with E-state index in [1.165, 1.54) is 0 Å². The number of alkyl carbamates (subject to hydrolysis) is 1. The van der Waals surface area contributed by atoms with Crippen LogP contribution in [0.15, 0.2) is 48.5 Å². The quantitative estimate of drug-likeness (QED) is 0.639. The number of nitrogens with one attached hydrogen (secondary N) is 2. The minimum absolute atomic E-state index is 0.304. The summed E-state index contributed by atoms with van der Waals surface area (Å²) in [5, 5.41) is 5.96. The lowest BCUT2D eigenvalue weighted by molar-refractivity contribution is -0.122. The van der Waals surface area contributed by atoms with Gasteiger partial charge in [-0.15, -0.1) is 0 Å². The monoisotopic (exact) mass is 432 g/mol. The summed E-state index contributed by atoms with van der Waals surface area (Å²) in [6.07, 6.45) is -1.31. The molecule has 0 heterocycles. The van der Waals surface area contributed by atoms with E-state index < -0.39 is 29.7 Å². The van der Waals surface area contributed by atoms with Crippen molar-refractivity contribution in [1.82, 2.24) is 5.32 Å². The van der Waals surface area contributed by atoms with Crippen molar-refractivity contribution in [3.8, 4) is 0 Å². The molecule has 2 aromatic carbocycles. The number of carbonyl (C=O) groups excluding carboxylic acids is 2. The molecule has 162 valence electrons. The van der Waals surface area contributed by atoms with E-state index in [1.54, 1.807) is 39.8 Å². The molecule has 0 aliphatic rings. The highest BCUT2D eigenvalue weighted by atomic mass is 35.5. The maximum Gasteiger partial charge on any atom is 0.408 e. The van der Waals surface area contributed by atoms with Crippen LogP contribution in [0.1, 0.15) is 38.8 Å². The Morgan fingerprint density at radius 2 is 1.77 bits per heavy atom. The molecule has 0 spiro atoms. The predicted molar refractivity (Wildman–Crippen MR) is 119 cm³/mol. The van der Waals surface area contributed by atoms with Gasteiger partial charge in [0.25, 0.3) is 0 Å². The fraction of sp³-hybridized carbons (Fsp3) is 0.391. The van der Waals surface area contributed by atoms with Crippen LogP contribution in [0.4, 0.5) is 10.5 Å². The van der Waals surface area contributed by atoms with Gasteiger partial charge in [-0.05, 0) is 57.9 Å². The number of ether oxygens (including phenoxy) is 2. The Kier molecular flexibility index (Phi) is 8.26. The van der Waals surface area contributed by atoms with E-state index in [4.69, 9.17) is 21.1 Å². The molecule has 0 aromatic heterocycles. The van der Waals surface area contributed by atoms with Crippen molar-refractivity contribution in [1.29, 1.82) is 0 Å². The van der Waals surface area contributed by atoms with Gasteiger partial charge in [-0.2, -0.15) is 0 Å². The van der Waals surface area contributed by atoms with E-state index in [2.05, 4.69) is 10.6 Å². The van der Waals surface area contributed by atoms with Gasteiger partial charge in [-0.25, -0.2) is 4.79 Å². The Bertz CT molecular complexity index is 865. The number of amides is 2. The van der Waals surface area contributed by atoms with Gasteiger partial charge in [0.05, 0.1) is 12.7 Å². The maximum absolute atomic E-state index is 13.0. The summed E-state index contributed by atoms with van der Waals surface area (Å²) in [4.78, 5) is 25.4. The van der Waals surface area contributed by atoms with Gasteiger partial charge < -0.3 is 20.1 Å². The summed E-state index contributed by atoms with van der Waals surface area (Å²) in [6.45, 7) is 9.16. The van der Waals surface area contributed by atoms with Crippen molar-refractivity contribution < 1.29 is 19.1 Å². The Hall–Kier alpha value is -2.57. The lowest BCUT2D eigenvalue weighted by Gasteiger charge is -2.27. The predicted octanol–water partition coefficient (Wildman–Crippen LogP) is 5.09. The second-order valence-electron chi connectivity index (χ2n) is 8.07. The third kappa shape index (κ3) is 7.69. The molecular weight excluding hydrogens is 404 g/mol. The van der Waals surface area contributed by atoms with Crippen LogP contribution in [0.5, 0.6) is 0 Å². The van der Waals surface area contributed by atoms with Crippen LogP contribution in [0, 0.1) is 6.92 Å². The van der Waals surface area contributed by atoms with E-state index in [-0.39, 0.29) is 0 Å². The van der Waals surface area contributed by atoms with Crippen LogP contribution in [-0.2, 0) is 20.9 Å². The largest absolute Gasteiger partial charge is 0.444 e. The molecule has 0 radical (unpaired) electrons. The molecule has 0 bridgehead atoms. The molecule has 0 saturated heterocycles. The number of anilines is 1.